The van der Waals surface area contributed by atoms with Crippen LogP contribution < -0.4 is 0 Å². The zero-order valence-corrected chi connectivity index (χ0v) is 9.75. The first-order valence-electron chi connectivity index (χ1n) is 5.34. The minimum absolute atomic E-state index is 0.0603. The molecule has 0 unspecified atom stereocenters. The van der Waals surface area contributed by atoms with E-state index in [1.165, 1.54) is 6.92 Å². The van der Waals surface area contributed by atoms with E-state index in [0.29, 0.717) is 6.61 Å². The van der Waals surface area contributed by atoms with Crippen molar-refractivity contribution in [1.29, 1.82) is 0 Å². The van der Waals surface area contributed by atoms with Crippen molar-refractivity contribution >= 4 is 5.97 Å². The van der Waals surface area contributed by atoms with Gasteiger partial charge in [0.2, 0.25) is 0 Å². The van der Waals surface area contributed by atoms with Gasteiger partial charge in [-0.2, -0.15) is 0 Å². The van der Waals surface area contributed by atoms with E-state index in [9.17, 15) is 9.90 Å². The summed E-state index contributed by atoms with van der Waals surface area (Å²) in [4.78, 5) is 10.8. The Labute approximate surface area is 91.1 Å². The Balaban J connectivity index is 2.72. The lowest BCUT2D eigenvalue weighted by molar-refractivity contribution is -0.144. The van der Waals surface area contributed by atoms with E-state index in [0.717, 1.165) is 18.4 Å². The second kappa shape index (κ2) is 4.35. The van der Waals surface area contributed by atoms with Gasteiger partial charge in [0.05, 0.1) is 12.7 Å². The largest absolute Gasteiger partial charge is 0.465 e. The third-order valence-electron chi connectivity index (χ3n) is 3.44. The lowest BCUT2D eigenvalue weighted by Crippen LogP contribution is -2.43. The van der Waals surface area contributed by atoms with Crippen molar-refractivity contribution in [1.82, 2.24) is 0 Å². The molecule has 0 aliphatic heterocycles. The van der Waals surface area contributed by atoms with E-state index >= 15 is 0 Å². The second-order valence-electron chi connectivity index (χ2n) is 4.89. The van der Waals surface area contributed by atoms with E-state index < -0.39 is 0 Å². The molecule has 0 amide bonds. The van der Waals surface area contributed by atoms with E-state index in [4.69, 9.17) is 4.74 Å². The lowest BCUT2D eigenvalue weighted by atomic mass is 9.65. The molecule has 1 fully saturated rings. The van der Waals surface area contributed by atoms with Gasteiger partial charge in [0, 0.05) is 18.3 Å². The molecule has 0 heterocycles. The summed E-state index contributed by atoms with van der Waals surface area (Å²) in [6, 6.07) is 0. The second-order valence-corrected chi connectivity index (χ2v) is 4.89. The van der Waals surface area contributed by atoms with Gasteiger partial charge in [0.25, 0.3) is 0 Å². The SMILES string of the molecule is C=C1CC[C@H](O)C(C)(C)[C@@H]1COC(C)=O. The Bertz CT molecular complexity index is 268. The number of carbonyl (C=O) groups is 1. The maximum atomic E-state index is 10.8. The van der Waals surface area contributed by atoms with E-state index in [1.54, 1.807) is 0 Å². The first-order chi connectivity index (χ1) is 6.85. The summed E-state index contributed by atoms with van der Waals surface area (Å²) in [6.45, 7) is 9.72. The number of aliphatic hydroxyl groups is 1. The Morgan fingerprint density at radius 1 is 1.67 bits per heavy atom. The molecule has 3 heteroatoms. The van der Waals surface area contributed by atoms with E-state index in [-0.39, 0.29) is 23.4 Å². The third-order valence-corrected chi connectivity index (χ3v) is 3.44. The maximum absolute atomic E-state index is 10.8. The van der Waals surface area contributed by atoms with Crippen LogP contribution in [0.15, 0.2) is 12.2 Å². The van der Waals surface area contributed by atoms with Crippen LogP contribution in [-0.2, 0) is 9.53 Å². The normalized spacial score (nSPS) is 30.0. The summed E-state index contributed by atoms with van der Waals surface area (Å²) >= 11 is 0. The molecule has 1 saturated carbocycles. The predicted octanol–water partition coefficient (Wildman–Crippen LogP) is 1.90. The Kier molecular flexibility index (Phi) is 3.55. The number of hydrogen-bond acceptors (Lipinski definition) is 3. The van der Waals surface area contributed by atoms with Crippen LogP contribution in [0.2, 0.25) is 0 Å². The number of hydrogen-bond donors (Lipinski definition) is 1. The van der Waals surface area contributed by atoms with Gasteiger partial charge < -0.3 is 9.84 Å². The molecule has 15 heavy (non-hydrogen) atoms. The van der Waals surface area contributed by atoms with Gasteiger partial charge in [-0.3, -0.25) is 4.79 Å². The maximum Gasteiger partial charge on any atom is 0.302 e. The minimum Gasteiger partial charge on any atom is -0.465 e. The van der Waals surface area contributed by atoms with Crippen molar-refractivity contribution < 1.29 is 14.6 Å². The quantitative estimate of drug-likeness (QED) is 0.561. The van der Waals surface area contributed by atoms with Crippen LogP contribution >= 0.6 is 0 Å². The van der Waals surface area contributed by atoms with Crippen LogP contribution in [0.4, 0.5) is 0 Å². The standard InChI is InChI=1S/C12H20O3/c1-8-5-6-11(14)12(3,4)10(8)7-15-9(2)13/h10-11,14H,1,5-7H2,2-4H3/t10-,11+/m1/s1. The Hall–Kier alpha value is -0.830. The predicted molar refractivity (Wildman–Crippen MR) is 58.3 cm³/mol. The average Bonchev–Trinajstić information content (AvgIpc) is 2.11. The fourth-order valence-electron chi connectivity index (χ4n) is 2.16. The van der Waals surface area contributed by atoms with Gasteiger partial charge in [-0.25, -0.2) is 0 Å². The van der Waals surface area contributed by atoms with E-state index in [1.807, 2.05) is 13.8 Å². The van der Waals surface area contributed by atoms with Crippen LogP contribution in [0, 0.1) is 11.3 Å². The van der Waals surface area contributed by atoms with Crippen molar-refractivity contribution in [2.45, 2.75) is 39.7 Å². The molecule has 1 rings (SSSR count). The number of aliphatic hydroxyl groups excluding tert-OH is 1. The number of carbonyl (C=O) groups excluding carboxylic acids is 1. The number of rotatable bonds is 2. The first-order valence-corrected chi connectivity index (χ1v) is 5.34. The molecular formula is C12H20O3. The van der Waals surface area contributed by atoms with Gasteiger partial charge in [0.1, 0.15) is 0 Å². The molecular weight excluding hydrogens is 192 g/mol. The molecule has 0 aromatic carbocycles. The van der Waals surface area contributed by atoms with Crippen LogP contribution in [0.3, 0.4) is 0 Å². The molecule has 86 valence electrons. The minimum atomic E-state index is -0.344. The van der Waals surface area contributed by atoms with Gasteiger partial charge in [-0.05, 0) is 12.8 Å². The summed E-state index contributed by atoms with van der Waals surface area (Å²) in [7, 11) is 0. The summed E-state index contributed by atoms with van der Waals surface area (Å²) in [6.07, 6.45) is 1.22. The molecule has 1 aliphatic rings. The lowest BCUT2D eigenvalue weighted by Gasteiger charge is -2.43. The first kappa shape index (κ1) is 12.2. The smallest absolute Gasteiger partial charge is 0.302 e. The highest BCUT2D eigenvalue weighted by Gasteiger charge is 2.41. The van der Waals surface area contributed by atoms with Crippen molar-refractivity contribution in [3.63, 3.8) is 0 Å². The molecule has 2 atom stereocenters. The summed E-state index contributed by atoms with van der Waals surface area (Å²) in [5, 5.41) is 9.91. The fraction of sp³-hybridized carbons (Fsp3) is 0.750. The molecule has 1 aliphatic carbocycles. The van der Waals surface area contributed by atoms with Crippen LogP contribution in [0.25, 0.3) is 0 Å². The van der Waals surface area contributed by atoms with Gasteiger partial charge >= 0.3 is 5.97 Å². The number of ether oxygens (including phenoxy) is 1. The highest BCUT2D eigenvalue weighted by Crippen LogP contribution is 2.43. The third kappa shape index (κ3) is 2.59. The summed E-state index contributed by atoms with van der Waals surface area (Å²) in [5.41, 5.74) is 0.816. The fourth-order valence-corrected chi connectivity index (χ4v) is 2.16. The monoisotopic (exact) mass is 212 g/mol. The van der Waals surface area contributed by atoms with Crippen molar-refractivity contribution in [3.8, 4) is 0 Å². The van der Waals surface area contributed by atoms with Gasteiger partial charge in [-0.1, -0.05) is 26.0 Å². The van der Waals surface area contributed by atoms with Crippen LogP contribution in [-0.4, -0.2) is 23.8 Å². The zero-order chi connectivity index (χ0) is 11.6. The van der Waals surface area contributed by atoms with Crippen LogP contribution in [0.1, 0.15) is 33.6 Å². The number of esters is 1. The molecule has 3 nitrogen and oxygen atoms in total. The Morgan fingerprint density at radius 3 is 2.80 bits per heavy atom. The summed E-state index contributed by atoms with van der Waals surface area (Å²) in [5.74, 6) is -0.219. The molecule has 0 spiro atoms. The zero-order valence-electron chi connectivity index (χ0n) is 9.75. The highest BCUT2D eigenvalue weighted by atomic mass is 16.5. The molecule has 0 aromatic rings. The molecule has 0 aromatic heterocycles. The van der Waals surface area contributed by atoms with E-state index in [2.05, 4.69) is 6.58 Å². The molecule has 0 radical (unpaired) electrons. The van der Waals surface area contributed by atoms with Crippen LogP contribution in [0.5, 0.6) is 0 Å². The van der Waals surface area contributed by atoms with Crippen molar-refractivity contribution in [2.24, 2.45) is 11.3 Å². The Morgan fingerprint density at radius 2 is 2.27 bits per heavy atom. The van der Waals surface area contributed by atoms with Gasteiger partial charge in [-0.15, -0.1) is 0 Å². The van der Waals surface area contributed by atoms with Crippen molar-refractivity contribution in [2.75, 3.05) is 6.61 Å². The van der Waals surface area contributed by atoms with Crippen molar-refractivity contribution in [3.05, 3.63) is 12.2 Å². The van der Waals surface area contributed by atoms with Gasteiger partial charge in [0.15, 0.2) is 0 Å². The molecule has 0 saturated heterocycles. The highest BCUT2D eigenvalue weighted by molar-refractivity contribution is 5.65. The average molecular weight is 212 g/mol. The topological polar surface area (TPSA) is 46.5 Å². The molecule has 0 bridgehead atoms. The molecule has 1 N–H and O–H groups in total. The summed E-state index contributed by atoms with van der Waals surface area (Å²) < 4.78 is 5.02.